The van der Waals surface area contributed by atoms with Crippen LogP contribution in [0.1, 0.15) is 29.8 Å². The van der Waals surface area contributed by atoms with Crippen molar-refractivity contribution in [2.45, 2.75) is 26.5 Å². The summed E-state index contributed by atoms with van der Waals surface area (Å²) in [7, 11) is 0. The van der Waals surface area contributed by atoms with Crippen LogP contribution >= 0.6 is 11.6 Å². The first-order chi connectivity index (χ1) is 14.8. The third-order valence-corrected chi connectivity index (χ3v) is 5.02. The predicted molar refractivity (Wildman–Crippen MR) is 116 cm³/mol. The molecule has 0 bridgehead atoms. The molecule has 3 rings (SSSR count). The van der Waals surface area contributed by atoms with Gasteiger partial charge in [-0.1, -0.05) is 49.7 Å². The zero-order chi connectivity index (χ0) is 22.5. The molecule has 0 saturated carbocycles. The number of pyridine rings is 1. The van der Waals surface area contributed by atoms with Gasteiger partial charge < -0.3 is 10.1 Å². The van der Waals surface area contributed by atoms with E-state index in [0.29, 0.717) is 0 Å². The first-order valence-electron chi connectivity index (χ1n) is 9.52. The lowest BCUT2D eigenvalue weighted by atomic mass is 10.0. The molecular weight excluding hydrogens is 422 g/mol. The Hall–Kier alpha value is -3.52. The van der Waals surface area contributed by atoms with Crippen LogP contribution in [-0.2, 0) is 16.1 Å². The molecule has 1 N–H and O–H groups in total. The topological polar surface area (TPSA) is 111 Å². The van der Waals surface area contributed by atoms with Crippen molar-refractivity contribution in [2.75, 3.05) is 0 Å². The van der Waals surface area contributed by atoms with E-state index >= 15 is 0 Å². The van der Waals surface area contributed by atoms with Crippen LogP contribution in [0.25, 0.3) is 10.9 Å². The Bertz CT molecular complexity index is 1140. The summed E-state index contributed by atoms with van der Waals surface area (Å²) in [5.74, 6) is -1.52. The van der Waals surface area contributed by atoms with Crippen molar-refractivity contribution in [1.29, 1.82) is 0 Å². The second-order valence-electron chi connectivity index (χ2n) is 7.22. The number of para-hydroxylation sites is 1. The highest BCUT2D eigenvalue weighted by Crippen LogP contribution is 2.25. The van der Waals surface area contributed by atoms with Crippen LogP contribution in [0.2, 0.25) is 5.02 Å². The Morgan fingerprint density at radius 3 is 2.65 bits per heavy atom. The summed E-state index contributed by atoms with van der Waals surface area (Å²) >= 11 is 5.79. The molecule has 1 heterocycles. The van der Waals surface area contributed by atoms with Crippen molar-refractivity contribution in [3.05, 3.63) is 81.0 Å². The van der Waals surface area contributed by atoms with Gasteiger partial charge in [-0.15, -0.1) is 0 Å². The molecule has 0 spiro atoms. The van der Waals surface area contributed by atoms with E-state index in [2.05, 4.69) is 10.3 Å². The van der Waals surface area contributed by atoms with E-state index in [1.54, 1.807) is 20.0 Å². The molecule has 3 aromatic rings. The smallest absolute Gasteiger partial charge is 0.329 e. The first-order valence-corrected chi connectivity index (χ1v) is 9.89. The molecular formula is C22H20ClN3O5. The maximum absolute atomic E-state index is 12.7. The largest absolute Gasteiger partial charge is 0.459 e. The minimum atomic E-state index is -0.940. The van der Waals surface area contributed by atoms with Crippen LogP contribution in [0, 0.1) is 16.0 Å². The molecule has 0 saturated heterocycles. The lowest BCUT2D eigenvalue weighted by Gasteiger charge is -2.21. The van der Waals surface area contributed by atoms with Crippen molar-refractivity contribution < 1.29 is 19.2 Å². The molecule has 0 aliphatic heterocycles. The second-order valence-corrected chi connectivity index (χ2v) is 7.63. The third-order valence-electron chi connectivity index (χ3n) is 4.70. The first kappa shape index (κ1) is 22.2. The number of aromatic nitrogens is 1. The van der Waals surface area contributed by atoms with Crippen molar-refractivity contribution >= 4 is 40.1 Å². The van der Waals surface area contributed by atoms with E-state index in [-0.39, 0.29) is 28.8 Å². The highest BCUT2D eigenvalue weighted by atomic mass is 35.5. The summed E-state index contributed by atoms with van der Waals surface area (Å²) in [5.41, 5.74) is 1.11. The van der Waals surface area contributed by atoms with Crippen LogP contribution in [0.5, 0.6) is 0 Å². The number of benzene rings is 2. The van der Waals surface area contributed by atoms with Crippen molar-refractivity contribution in [3.8, 4) is 0 Å². The highest BCUT2D eigenvalue weighted by Gasteiger charge is 2.27. The second kappa shape index (κ2) is 9.53. The fraction of sp³-hybridized carbons (Fsp3) is 0.227. The van der Waals surface area contributed by atoms with E-state index < -0.39 is 22.8 Å². The molecule has 1 aromatic heterocycles. The summed E-state index contributed by atoms with van der Waals surface area (Å²) in [6.45, 7) is 3.52. The number of carbonyl (C=O) groups excluding carboxylic acids is 2. The number of ether oxygens (including phenoxy) is 1. The zero-order valence-corrected chi connectivity index (χ0v) is 17.6. The quantitative estimate of drug-likeness (QED) is 0.332. The van der Waals surface area contributed by atoms with Crippen molar-refractivity contribution in [3.63, 3.8) is 0 Å². The summed E-state index contributed by atoms with van der Waals surface area (Å²) in [4.78, 5) is 40.0. The molecule has 9 heteroatoms. The van der Waals surface area contributed by atoms with Gasteiger partial charge in [-0.25, -0.2) is 4.79 Å². The van der Waals surface area contributed by atoms with E-state index in [4.69, 9.17) is 16.3 Å². The minimum Gasteiger partial charge on any atom is -0.459 e. The molecule has 0 radical (unpaired) electrons. The molecule has 0 aliphatic carbocycles. The Kier molecular flexibility index (Phi) is 6.81. The van der Waals surface area contributed by atoms with Gasteiger partial charge in [0.15, 0.2) is 0 Å². The summed E-state index contributed by atoms with van der Waals surface area (Å²) in [6, 6.07) is 12.1. The Balaban J connectivity index is 1.73. The normalized spacial score (nSPS) is 11.9. The Labute approximate surface area is 183 Å². The molecule has 160 valence electrons. The number of hydrogen-bond acceptors (Lipinski definition) is 6. The number of nitrogens with one attached hydrogen (secondary N) is 1. The number of esters is 1. The predicted octanol–water partition coefficient (Wildman–Crippen LogP) is 4.29. The maximum Gasteiger partial charge on any atom is 0.329 e. The number of nitro benzene ring substituents is 1. The monoisotopic (exact) mass is 441 g/mol. The third kappa shape index (κ3) is 5.16. The molecule has 1 atom stereocenters. The molecule has 2 aromatic carbocycles. The minimum absolute atomic E-state index is 0.00130. The SMILES string of the molecule is CC(C)[C@H](NC(=O)c1ccc(Cl)c([N+](=O)[O-])c1)C(=O)OCc1cccc2cccnc12. The molecule has 8 nitrogen and oxygen atoms in total. The van der Waals surface area contributed by atoms with Gasteiger partial charge in [-0.3, -0.25) is 19.9 Å². The zero-order valence-electron chi connectivity index (χ0n) is 16.9. The standard InChI is InChI=1S/C22H20ClN3O5/c1-13(2)19(25-21(27)15-8-9-17(23)18(11-15)26(29)30)22(28)31-12-16-6-3-5-14-7-4-10-24-20(14)16/h3-11,13,19H,12H2,1-2H3,(H,25,27)/t19-/m0/s1. The van der Waals surface area contributed by atoms with E-state index in [1.807, 2.05) is 30.3 Å². The van der Waals surface area contributed by atoms with Gasteiger partial charge in [0, 0.05) is 28.8 Å². The average Bonchev–Trinajstić information content (AvgIpc) is 2.75. The van der Waals surface area contributed by atoms with Crippen LogP contribution in [0.4, 0.5) is 5.69 Å². The average molecular weight is 442 g/mol. The van der Waals surface area contributed by atoms with Crippen molar-refractivity contribution in [1.82, 2.24) is 10.3 Å². The van der Waals surface area contributed by atoms with Gasteiger partial charge in [0.05, 0.1) is 10.4 Å². The molecule has 1 amide bonds. The summed E-state index contributed by atoms with van der Waals surface area (Å²) in [6.07, 6.45) is 1.66. The molecule has 0 aliphatic rings. The van der Waals surface area contributed by atoms with Gasteiger partial charge in [-0.2, -0.15) is 0 Å². The van der Waals surface area contributed by atoms with E-state index in [9.17, 15) is 19.7 Å². The number of amides is 1. The number of fused-ring (bicyclic) bond motifs is 1. The van der Waals surface area contributed by atoms with Crippen LogP contribution in [-0.4, -0.2) is 27.8 Å². The lowest BCUT2D eigenvalue weighted by molar-refractivity contribution is -0.384. The van der Waals surface area contributed by atoms with Gasteiger partial charge in [0.2, 0.25) is 0 Å². The molecule has 31 heavy (non-hydrogen) atoms. The van der Waals surface area contributed by atoms with Crippen molar-refractivity contribution in [2.24, 2.45) is 5.92 Å². The number of carbonyl (C=O) groups is 2. The maximum atomic E-state index is 12.7. The van der Waals surface area contributed by atoms with E-state index in [1.165, 1.54) is 12.1 Å². The summed E-state index contributed by atoms with van der Waals surface area (Å²) in [5, 5.41) is 14.5. The Morgan fingerprint density at radius 2 is 1.94 bits per heavy atom. The number of nitrogens with zero attached hydrogens (tertiary/aromatic N) is 2. The lowest BCUT2D eigenvalue weighted by Crippen LogP contribution is -2.45. The van der Waals surface area contributed by atoms with Crippen LogP contribution < -0.4 is 5.32 Å². The van der Waals surface area contributed by atoms with Gasteiger partial charge in [-0.05, 0) is 24.1 Å². The van der Waals surface area contributed by atoms with Gasteiger partial charge in [0.1, 0.15) is 17.7 Å². The summed E-state index contributed by atoms with van der Waals surface area (Å²) < 4.78 is 5.45. The van der Waals surface area contributed by atoms with Gasteiger partial charge >= 0.3 is 5.97 Å². The number of nitro groups is 1. The fourth-order valence-electron chi connectivity index (χ4n) is 3.04. The highest BCUT2D eigenvalue weighted by molar-refractivity contribution is 6.32. The van der Waals surface area contributed by atoms with Crippen LogP contribution in [0.15, 0.2) is 54.7 Å². The number of hydrogen-bond donors (Lipinski definition) is 1. The fourth-order valence-corrected chi connectivity index (χ4v) is 3.23. The number of halogens is 1. The molecule has 0 unspecified atom stereocenters. The van der Waals surface area contributed by atoms with E-state index in [0.717, 1.165) is 22.5 Å². The van der Waals surface area contributed by atoms with Crippen LogP contribution in [0.3, 0.4) is 0 Å². The Morgan fingerprint density at radius 1 is 1.19 bits per heavy atom. The molecule has 0 fully saturated rings. The van der Waals surface area contributed by atoms with Gasteiger partial charge in [0.25, 0.3) is 11.6 Å². The number of rotatable bonds is 7.